The summed E-state index contributed by atoms with van der Waals surface area (Å²) in [4.78, 5) is 15.1. The minimum atomic E-state index is -0.906. The Balaban J connectivity index is 0.00000264. The summed E-state index contributed by atoms with van der Waals surface area (Å²) in [6.07, 6.45) is -0.0523. The highest BCUT2D eigenvalue weighted by Crippen LogP contribution is 2.31. The van der Waals surface area contributed by atoms with E-state index in [4.69, 9.17) is 27.7 Å². The monoisotopic (exact) mass is 351 g/mol. The second kappa shape index (κ2) is 8.49. The zero-order valence-electron chi connectivity index (χ0n) is 12.1. The first-order valence-electron chi connectivity index (χ1n) is 6.64. The fourth-order valence-electron chi connectivity index (χ4n) is 2.19. The van der Waals surface area contributed by atoms with Crippen LogP contribution >= 0.6 is 24.0 Å². The fraction of sp³-hybridized carbons (Fsp3) is 0.188. The van der Waals surface area contributed by atoms with Gasteiger partial charge in [-0.05, 0) is 36.4 Å². The highest BCUT2D eigenvalue weighted by Gasteiger charge is 2.16. The molecule has 0 fully saturated rings. The quantitative estimate of drug-likeness (QED) is 0.861. The van der Waals surface area contributed by atoms with Crippen LogP contribution in [0.5, 0.6) is 0 Å². The smallest absolute Gasteiger partial charge is 0.304 e. The zero-order valence-corrected chi connectivity index (χ0v) is 13.6. The van der Waals surface area contributed by atoms with Crippen molar-refractivity contribution in [2.24, 2.45) is 5.73 Å². The van der Waals surface area contributed by atoms with Crippen LogP contribution in [0.4, 0.5) is 0 Å². The Labute approximate surface area is 145 Å². The molecule has 0 aliphatic carbocycles. The summed E-state index contributed by atoms with van der Waals surface area (Å²) >= 11 is 6.21. The van der Waals surface area contributed by atoms with Gasteiger partial charge in [0.15, 0.2) is 0 Å². The minimum Gasteiger partial charge on any atom is -0.481 e. The zero-order chi connectivity index (χ0) is 16.1. The molecule has 3 N–H and O–H groups in total. The lowest BCUT2D eigenvalue weighted by Gasteiger charge is -2.15. The Hall–Kier alpha value is -2.13. The molecule has 0 aliphatic rings. The maximum atomic E-state index is 10.9. The van der Waals surface area contributed by atoms with E-state index in [9.17, 15) is 4.79 Å². The maximum absolute atomic E-state index is 10.9. The first-order chi connectivity index (χ1) is 10.5. The molecular formula is C16H15Cl2N3O2. The Morgan fingerprint density at radius 2 is 2.13 bits per heavy atom. The van der Waals surface area contributed by atoms with Gasteiger partial charge in [-0.1, -0.05) is 23.7 Å². The van der Waals surface area contributed by atoms with Gasteiger partial charge in [-0.3, -0.25) is 4.79 Å². The highest BCUT2D eigenvalue weighted by molar-refractivity contribution is 6.33. The molecule has 0 amide bonds. The second-order valence-electron chi connectivity index (χ2n) is 4.79. The molecule has 23 heavy (non-hydrogen) atoms. The molecule has 1 aromatic carbocycles. The molecule has 0 aliphatic heterocycles. The number of nitrogens with zero attached hydrogens (tertiary/aromatic N) is 2. The van der Waals surface area contributed by atoms with E-state index in [2.05, 4.69) is 4.98 Å². The Morgan fingerprint density at radius 3 is 2.74 bits per heavy atom. The molecule has 0 saturated heterocycles. The van der Waals surface area contributed by atoms with Crippen LogP contribution in [0.3, 0.4) is 0 Å². The van der Waals surface area contributed by atoms with Crippen LogP contribution in [-0.4, -0.2) is 22.6 Å². The standard InChI is InChI=1S/C16H14ClN3O2.ClH/c17-14-5-4-10(11(8-18)7-16(21)22)6-13(14)15-3-1-2-12(9-19)20-15;/h1-6,11H,7-8,18H2,(H,21,22);1H/t11-;/m0./s1. The SMILES string of the molecule is Cl.N#Cc1cccc(-c2cc([C@H](CN)CC(=O)O)ccc2Cl)n1. The summed E-state index contributed by atoms with van der Waals surface area (Å²) in [6.45, 7) is 0.221. The fourth-order valence-corrected chi connectivity index (χ4v) is 2.40. The Morgan fingerprint density at radius 1 is 1.39 bits per heavy atom. The van der Waals surface area contributed by atoms with Crippen LogP contribution in [0, 0.1) is 11.3 Å². The number of nitriles is 1. The highest BCUT2D eigenvalue weighted by atomic mass is 35.5. The molecule has 0 spiro atoms. The van der Waals surface area contributed by atoms with Crippen LogP contribution in [0.2, 0.25) is 5.02 Å². The van der Waals surface area contributed by atoms with E-state index < -0.39 is 5.97 Å². The van der Waals surface area contributed by atoms with Gasteiger partial charge in [-0.15, -0.1) is 12.4 Å². The van der Waals surface area contributed by atoms with Crippen molar-refractivity contribution in [2.75, 3.05) is 6.54 Å². The van der Waals surface area contributed by atoms with Crippen LogP contribution in [0.25, 0.3) is 11.3 Å². The van der Waals surface area contributed by atoms with Gasteiger partial charge in [-0.2, -0.15) is 5.26 Å². The molecule has 2 rings (SSSR count). The normalized spacial score (nSPS) is 11.2. The van der Waals surface area contributed by atoms with Crippen LogP contribution in [0.1, 0.15) is 23.6 Å². The summed E-state index contributed by atoms with van der Waals surface area (Å²) in [5.74, 6) is -1.20. The summed E-state index contributed by atoms with van der Waals surface area (Å²) in [5.41, 5.74) is 7.97. The molecular weight excluding hydrogens is 337 g/mol. The number of aliphatic carboxylic acids is 1. The topological polar surface area (TPSA) is 100 Å². The lowest BCUT2D eigenvalue weighted by Crippen LogP contribution is -2.16. The van der Waals surface area contributed by atoms with E-state index in [1.165, 1.54) is 0 Å². The average molecular weight is 352 g/mol. The molecule has 120 valence electrons. The number of benzene rings is 1. The number of halogens is 2. The Kier molecular flexibility index (Phi) is 6.98. The van der Waals surface area contributed by atoms with E-state index in [0.717, 1.165) is 5.56 Å². The average Bonchev–Trinajstić information content (AvgIpc) is 2.53. The number of nitrogens with two attached hydrogens (primary N) is 1. The molecule has 2 aromatic rings. The third kappa shape index (κ3) is 4.67. The summed E-state index contributed by atoms with van der Waals surface area (Å²) in [6, 6.07) is 12.3. The van der Waals surface area contributed by atoms with Crippen LogP contribution in [-0.2, 0) is 4.79 Å². The molecule has 1 heterocycles. The minimum absolute atomic E-state index is 0. The third-order valence-corrected chi connectivity index (χ3v) is 3.64. The van der Waals surface area contributed by atoms with Gasteiger partial charge in [0.1, 0.15) is 11.8 Å². The summed E-state index contributed by atoms with van der Waals surface area (Å²) in [7, 11) is 0. The van der Waals surface area contributed by atoms with Gasteiger partial charge in [0, 0.05) is 16.5 Å². The first kappa shape index (κ1) is 18.9. The molecule has 5 nitrogen and oxygen atoms in total. The van der Waals surface area contributed by atoms with E-state index in [1.807, 2.05) is 6.07 Å². The third-order valence-electron chi connectivity index (χ3n) is 3.31. The van der Waals surface area contributed by atoms with Crippen LogP contribution < -0.4 is 5.73 Å². The van der Waals surface area contributed by atoms with Crippen molar-refractivity contribution in [3.63, 3.8) is 0 Å². The predicted molar refractivity (Wildman–Crippen MR) is 90.7 cm³/mol. The number of aromatic nitrogens is 1. The molecule has 1 atom stereocenters. The van der Waals surface area contributed by atoms with Crippen molar-refractivity contribution in [3.05, 3.63) is 52.7 Å². The molecule has 0 unspecified atom stereocenters. The molecule has 0 bridgehead atoms. The number of rotatable bonds is 5. The van der Waals surface area contributed by atoms with Crippen LogP contribution in [0.15, 0.2) is 36.4 Å². The molecule has 0 radical (unpaired) electrons. The van der Waals surface area contributed by atoms with Gasteiger partial charge in [0.25, 0.3) is 0 Å². The van der Waals surface area contributed by atoms with E-state index in [0.29, 0.717) is 22.0 Å². The number of carbonyl (C=O) groups is 1. The number of carboxylic acid groups (broad SMARTS) is 1. The molecule has 0 saturated carbocycles. The van der Waals surface area contributed by atoms with Crippen molar-refractivity contribution in [3.8, 4) is 17.3 Å². The maximum Gasteiger partial charge on any atom is 0.304 e. The van der Waals surface area contributed by atoms with Gasteiger partial charge in [0.05, 0.1) is 12.1 Å². The number of carboxylic acids is 1. The summed E-state index contributed by atoms with van der Waals surface area (Å²) in [5, 5.41) is 18.4. The molecule has 1 aromatic heterocycles. The van der Waals surface area contributed by atoms with Gasteiger partial charge >= 0.3 is 5.97 Å². The second-order valence-corrected chi connectivity index (χ2v) is 5.20. The van der Waals surface area contributed by atoms with Gasteiger partial charge < -0.3 is 10.8 Å². The van der Waals surface area contributed by atoms with E-state index in [1.54, 1.807) is 36.4 Å². The Bertz CT molecular complexity index is 744. The lowest BCUT2D eigenvalue weighted by atomic mass is 9.93. The van der Waals surface area contributed by atoms with Crippen molar-refractivity contribution in [1.82, 2.24) is 4.98 Å². The van der Waals surface area contributed by atoms with Crippen molar-refractivity contribution >= 4 is 30.0 Å². The van der Waals surface area contributed by atoms with Crippen molar-refractivity contribution < 1.29 is 9.90 Å². The van der Waals surface area contributed by atoms with Crippen molar-refractivity contribution in [1.29, 1.82) is 5.26 Å². The number of hydrogen-bond donors (Lipinski definition) is 2. The number of hydrogen-bond acceptors (Lipinski definition) is 4. The number of pyridine rings is 1. The van der Waals surface area contributed by atoms with E-state index in [-0.39, 0.29) is 31.3 Å². The summed E-state index contributed by atoms with van der Waals surface area (Å²) < 4.78 is 0. The molecule has 7 heteroatoms. The largest absolute Gasteiger partial charge is 0.481 e. The first-order valence-corrected chi connectivity index (χ1v) is 7.01. The predicted octanol–water partition coefficient (Wildman–Crippen LogP) is 3.21. The van der Waals surface area contributed by atoms with Gasteiger partial charge in [-0.25, -0.2) is 4.98 Å². The van der Waals surface area contributed by atoms with Crippen molar-refractivity contribution in [2.45, 2.75) is 12.3 Å². The lowest BCUT2D eigenvalue weighted by molar-refractivity contribution is -0.137. The van der Waals surface area contributed by atoms with Gasteiger partial charge in [0.2, 0.25) is 0 Å². The van der Waals surface area contributed by atoms with E-state index >= 15 is 0 Å².